The van der Waals surface area contributed by atoms with E-state index in [0.717, 1.165) is 11.6 Å². The number of methoxy groups -OCH3 is 2. The number of benzene rings is 3. The Bertz CT molecular complexity index is 1180. The molecule has 8 heteroatoms. The quantitative estimate of drug-likeness (QED) is 0.424. The smallest absolute Gasteiger partial charge is 0.307 e. The molecule has 1 heterocycles. The van der Waals surface area contributed by atoms with Gasteiger partial charge in [0.25, 0.3) is 0 Å². The number of rotatable bonds is 9. The largest absolute Gasteiger partial charge is 0.493 e. The monoisotopic (exact) mass is 497 g/mol. The van der Waals surface area contributed by atoms with Crippen molar-refractivity contribution in [3.63, 3.8) is 0 Å². The van der Waals surface area contributed by atoms with E-state index in [4.69, 9.17) is 14.2 Å². The van der Waals surface area contributed by atoms with Gasteiger partial charge in [0.05, 0.1) is 26.2 Å². The Balaban J connectivity index is 1.77. The summed E-state index contributed by atoms with van der Waals surface area (Å²) in [7, 11) is 3.01. The van der Waals surface area contributed by atoms with Gasteiger partial charge in [0.2, 0.25) is 5.75 Å². The van der Waals surface area contributed by atoms with Crippen LogP contribution in [0.5, 0.6) is 17.2 Å². The molecule has 6 nitrogen and oxygen atoms in total. The van der Waals surface area contributed by atoms with E-state index in [-0.39, 0.29) is 18.7 Å². The first-order valence-corrected chi connectivity index (χ1v) is 11.8. The third-order valence-electron chi connectivity index (χ3n) is 6.45. The number of hydrogen-bond acceptors (Lipinski definition) is 5. The maximum absolute atomic E-state index is 15.1. The number of likely N-dealkylation sites (tertiary alicyclic amines) is 1. The highest BCUT2D eigenvalue weighted by molar-refractivity contribution is 5.70. The molecular formula is C28H29F2NO5. The van der Waals surface area contributed by atoms with Crippen LogP contribution in [0, 0.1) is 17.6 Å². The van der Waals surface area contributed by atoms with E-state index in [2.05, 4.69) is 0 Å². The molecule has 0 radical (unpaired) electrons. The summed E-state index contributed by atoms with van der Waals surface area (Å²) >= 11 is 0. The Hall–Kier alpha value is -3.65. The van der Waals surface area contributed by atoms with Crippen LogP contribution in [0.1, 0.15) is 35.6 Å². The van der Waals surface area contributed by atoms with Crippen LogP contribution >= 0.6 is 0 Å². The third-order valence-corrected chi connectivity index (χ3v) is 6.45. The van der Waals surface area contributed by atoms with Gasteiger partial charge in [0, 0.05) is 18.2 Å². The molecule has 1 fully saturated rings. The summed E-state index contributed by atoms with van der Waals surface area (Å²) in [6, 6.07) is 15.9. The fourth-order valence-electron chi connectivity index (χ4n) is 4.68. The fourth-order valence-corrected chi connectivity index (χ4v) is 4.68. The van der Waals surface area contributed by atoms with Crippen molar-refractivity contribution >= 4 is 5.97 Å². The van der Waals surface area contributed by atoms with E-state index < -0.39 is 29.6 Å². The second kappa shape index (κ2) is 11.4. The third kappa shape index (κ3) is 5.60. The lowest BCUT2D eigenvalue weighted by atomic mass is 9.90. The predicted molar refractivity (Wildman–Crippen MR) is 130 cm³/mol. The molecule has 2 unspecified atom stereocenters. The van der Waals surface area contributed by atoms with Crippen molar-refractivity contribution in [3.05, 3.63) is 89.0 Å². The molecular weight excluding hydrogens is 468 g/mol. The Kier molecular flexibility index (Phi) is 8.05. The fraction of sp³-hybridized carbons (Fsp3) is 0.321. The van der Waals surface area contributed by atoms with E-state index in [1.54, 1.807) is 12.1 Å². The van der Waals surface area contributed by atoms with Crippen molar-refractivity contribution in [1.82, 2.24) is 4.90 Å². The van der Waals surface area contributed by atoms with E-state index in [0.29, 0.717) is 42.2 Å². The summed E-state index contributed by atoms with van der Waals surface area (Å²) < 4.78 is 46.1. The summed E-state index contributed by atoms with van der Waals surface area (Å²) in [5, 5.41) is 9.62. The number of ether oxygens (including phenoxy) is 3. The molecule has 3 aromatic carbocycles. The number of carboxylic acids is 1. The minimum absolute atomic E-state index is 0.230. The maximum atomic E-state index is 15.1. The Morgan fingerprint density at radius 2 is 1.75 bits per heavy atom. The van der Waals surface area contributed by atoms with Crippen molar-refractivity contribution in [3.8, 4) is 17.2 Å². The van der Waals surface area contributed by atoms with Crippen LogP contribution in [0.4, 0.5) is 8.78 Å². The topological polar surface area (TPSA) is 68.2 Å². The zero-order valence-corrected chi connectivity index (χ0v) is 20.2. The Labute approximate surface area is 209 Å². The van der Waals surface area contributed by atoms with E-state index in [1.165, 1.54) is 26.4 Å². The van der Waals surface area contributed by atoms with Gasteiger partial charge in [-0.1, -0.05) is 36.4 Å². The number of piperidine rings is 1. The van der Waals surface area contributed by atoms with Crippen molar-refractivity contribution in [2.45, 2.75) is 25.5 Å². The second-order valence-electron chi connectivity index (χ2n) is 8.77. The first-order chi connectivity index (χ1) is 17.4. The van der Waals surface area contributed by atoms with Crippen LogP contribution in [-0.2, 0) is 11.4 Å². The average Bonchev–Trinajstić information content (AvgIpc) is 2.89. The van der Waals surface area contributed by atoms with Gasteiger partial charge in [-0.25, -0.2) is 8.78 Å². The molecule has 190 valence electrons. The molecule has 2 atom stereocenters. The van der Waals surface area contributed by atoms with Gasteiger partial charge in [-0.2, -0.15) is 0 Å². The lowest BCUT2D eigenvalue weighted by Gasteiger charge is -2.38. The van der Waals surface area contributed by atoms with Gasteiger partial charge in [-0.3, -0.25) is 9.69 Å². The molecule has 0 aliphatic carbocycles. The number of aliphatic carboxylic acids is 1. The van der Waals surface area contributed by atoms with Crippen LogP contribution < -0.4 is 14.2 Å². The van der Waals surface area contributed by atoms with Gasteiger partial charge in [0.1, 0.15) is 18.2 Å². The van der Waals surface area contributed by atoms with Crippen molar-refractivity contribution in [2.24, 2.45) is 5.92 Å². The highest BCUT2D eigenvalue weighted by atomic mass is 19.1. The molecule has 0 spiro atoms. The van der Waals surface area contributed by atoms with Gasteiger partial charge in [0.15, 0.2) is 11.5 Å². The molecule has 1 saturated heterocycles. The maximum Gasteiger partial charge on any atom is 0.307 e. The summed E-state index contributed by atoms with van der Waals surface area (Å²) in [6.45, 7) is 1.07. The molecule has 1 aliphatic heterocycles. The minimum Gasteiger partial charge on any atom is -0.493 e. The zero-order valence-electron chi connectivity index (χ0n) is 20.2. The SMILES string of the molecule is COc1cc(C(c2ccc(F)cc2F)N2CCCC(C(=O)O)C2)cc(OC)c1OCc1ccccc1. The zero-order chi connectivity index (χ0) is 25.7. The van der Waals surface area contributed by atoms with Gasteiger partial charge in [-0.15, -0.1) is 0 Å². The molecule has 0 aromatic heterocycles. The standard InChI is InChI=1S/C28H29F2NO5/c1-34-24-13-20(14-25(35-2)27(24)36-17-18-7-4-3-5-8-18)26(22-11-10-21(29)15-23(22)30)31-12-6-9-19(16-31)28(32)33/h3-5,7-8,10-11,13-15,19,26H,6,9,12,16-17H2,1-2H3,(H,32,33). The Morgan fingerprint density at radius 1 is 1.06 bits per heavy atom. The number of halogens is 2. The first-order valence-electron chi connectivity index (χ1n) is 11.8. The summed E-state index contributed by atoms with van der Waals surface area (Å²) in [5.41, 5.74) is 1.82. The van der Waals surface area contributed by atoms with Crippen LogP contribution in [0.2, 0.25) is 0 Å². The highest BCUT2D eigenvalue weighted by Crippen LogP contribution is 2.44. The van der Waals surface area contributed by atoms with Crippen molar-refractivity contribution in [2.75, 3.05) is 27.3 Å². The van der Waals surface area contributed by atoms with Gasteiger partial charge in [-0.05, 0) is 48.7 Å². The summed E-state index contributed by atoms with van der Waals surface area (Å²) in [5.74, 6) is -1.69. The molecule has 4 rings (SSSR count). The van der Waals surface area contributed by atoms with Crippen LogP contribution in [0.15, 0.2) is 60.7 Å². The minimum atomic E-state index is -0.891. The number of nitrogens with zero attached hydrogens (tertiary/aromatic N) is 1. The Morgan fingerprint density at radius 3 is 2.36 bits per heavy atom. The van der Waals surface area contributed by atoms with E-state index in [9.17, 15) is 14.3 Å². The van der Waals surface area contributed by atoms with Crippen molar-refractivity contribution < 1.29 is 32.9 Å². The highest BCUT2D eigenvalue weighted by Gasteiger charge is 2.33. The second-order valence-corrected chi connectivity index (χ2v) is 8.77. The van der Waals surface area contributed by atoms with E-state index >= 15 is 4.39 Å². The van der Waals surface area contributed by atoms with Gasteiger partial charge >= 0.3 is 5.97 Å². The van der Waals surface area contributed by atoms with Crippen LogP contribution in [0.3, 0.4) is 0 Å². The summed E-state index contributed by atoms with van der Waals surface area (Å²) in [6.07, 6.45) is 1.19. The molecule has 3 aromatic rings. The van der Waals surface area contributed by atoms with Crippen LogP contribution in [-0.4, -0.2) is 43.3 Å². The molecule has 1 aliphatic rings. The van der Waals surface area contributed by atoms with Crippen molar-refractivity contribution in [1.29, 1.82) is 0 Å². The van der Waals surface area contributed by atoms with Gasteiger partial charge < -0.3 is 19.3 Å². The normalized spacial score (nSPS) is 16.8. The molecule has 1 N–H and O–H groups in total. The predicted octanol–water partition coefficient (Wildman–Crippen LogP) is 5.45. The number of carboxylic acid groups (broad SMARTS) is 1. The van der Waals surface area contributed by atoms with E-state index in [1.807, 2.05) is 35.2 Å². The number of hydrogen-bond donors (Lipinski definition) is 1. The molecule has 36 heavy (non-hydrogen) atoms. The van der Waals surface area contributed by atoms with Crippen LogP contribution in [0.25, 0.3) is 0 Å². The lowest BCUT2D eigenvalue weighted by molar-refractivity contribution is -0.143. The average molecular weight is 498 g/mol. The number of carbonyl (C=O) groups is 1. The first kappa shape index (κ1) is 25.4. The summed E-state index contributed by atoms with van der Waals surface area (Å²) in [4.78, 5) is 13.6. The molecule has 0 bridgehead atoms. The molecule has 0 saturated carbocycles. The lowest BCUT2D eigenvalue weighted by Crippen LogP contribution is -2.41. The molecule has 0 amide bonds.